The van der Waals surface area contributed by atoms with Crippen LogP contribution in [0.1, 0.15) is 5.56 Å². The fourth-order valence-corrected chi connectivity index (χ4v) is 1.61. The lowest BCUT2D eigenvalue weighted by Gasteiger charge is -2.37. The largest absolute Gasteiger partial charge is 0.480 e. The molecule has 1 saturated heterocycles. The number of hydrogen-bond donors (Lipinski definition) is 1. The summed E-state index contributed by atoms with van der Waals surface area (Å²) in [6.07, 6.45) is 0. The van der Waals surface area contributed by atoms with Gasteiger partial charge in [-0.1, -0.05) is 23.7 Å². The van der Waals surface area contributed by atoms with E-state index in [1.54, 1.807) is 24.3 Å². The quantitative estimate of drug-likeness (QED) is 0.812. The van der Waals surface area contributed by atoms with Crippen molar-refractivity contribution in [1.82, 2.24) is 0 Å². The molecule has 3 nitrogen and oxygen atoms in total. The SMILES string of the molecule is O=C(O)C1(c2ccc(Cl)cc2)COC1. The van der Waals surface area contributed by atoms with Gasteiger partial charge in [-0.3, -0.25) is 4.79 Å². The monoisotopic (exact) mass is 212 g/mol. The summed E-state index contributed by atoms with van der Waals surface area (Å²) in [4.78, 5) is 11.1. The highest BCUT2D eigenvalue weighted by Gasteiger charge is 2.47. The molecule has 4 heteroatoms. The summed E-state index contributed by atoms with van der Waals surface area (Å²) in [5.41, 5.74) is -0.106. The molecule has 14 heavy (non-hydrogen) atoms. The zero-order chi connectivity index (χ0) is 10.2. The van der Waals surface area contributed by atoms with Gasteiger partial charge < -0.3 is 9.84 Å². The zero-order valence-electron chi connectivity index (χ0n) is 7.37. The van der Waals surface area contributed by atoms with Gasteiger partial charge in [-0.25, -0.2) is 0 Å². The van der Waals surface area contributed by atoms with Crippen LogP contribution < -0.4 is 0 Å². The van der Waals surface area contributed by atoms with Crippen molar-refractivity contribution in [3.63, 3.8) is 0 Å². The molecule has 2 rings (SSSR count). The minimum atomic E-state index is -0.857. The Morgan fingerprint density at radius 1 is 1.36 bits per heavy atom. The maximum absolute atomic E-state index is 11.1. The first-order chi connectivity index (χ1) is 6.65. The van der Waals surface area contributed by atoms with Gasteiger partial charge in [-0.2, -0.15) is 0 Å². The molecule has 1 aliphatic heterocycles. The van der Waals surface area contributed by atoms with Crippen LogP contribution in [0.5, 0.6) is 0 Å². The number of carboxylic acid groups (broad SMARTS) is 1. The normalized spacial score (nSPS) is 18.6. The van der Waals surface area contributed by atoms with E-state index in [1.807, 2.05) is 0 Å². The van der Waals surface area contributed by atoms with Gasteiger partial charge in [0.05, 0.1) is 13.2 Å². The van der Waals surface area contributed by atoms with Crippen LogP contribution in [-0.2, 0) is 14.9 Å². The second-order valence-corrected chi connectivity index (χ2v) is 3.82. The molecule has 0 saturated carbocycles. The van der Waals surface area contributed by atoms with Gasteiger partial charge in [0.15, 0.2) is 0 Å². The Bertz CT molecular complexity index is 354. The molecule has 0 amide bonds. The Morgan fingerprint density at radius 3 is 2.29 bits per heavy atom. The van der Waals surface area contributed by atoms with E-state index in [4.69, 9.17) is 21.4 Å². The molecule has 0 spiro atoms. The summed E-state index contributed by atoms with van der Waals surface area (Å²) in [6, 6.07) is 6.86. The molecule has 0 atom stereocenters. The zero-order valence-corrected chi connectivity index (χ0v) is 8.12. The van der Waals surface area contributed by atoms with Gasteiger partial charge in [-0.05, 0) is 17.7 Å². The number of carboxylic acids is 1. The average molecular weight is 213 g/mol. The topological polar surface area (TPSA) is 46.5 Å². The van der Waals surface area contributed by atoms with Crippen molar-refractivity contribution >= 4 is 17.6 Å². The van der Waals surface area contributed by atoms with Gasteiger partial charge in [0.25, 0.3) is 0 Å². The second kappa shape index (κ2) is 3.26. The number of halogens is 1. The highest BCUT2D eigenvalue weighted by molar-refractivity contribution is 6.30. The van der Waals surface area contributed by atoms with Crippen molar-refractivity contribution < 1.29 is 14.6 Å². The standard InChI is InChI=1S/C10H9ClO3/c11-8-3-1-7(2-4-8)10(9(12)13)5-14-6-10/h1-4H,5-6H2,(H,12,13). The van der Waals surface area contributed by atoms with E-state index in [0.29, 0.717) is 5.02 Å². The molecule has 1 heterocycles. The van der Waals surface area contributed by atoms with Crippen molar-refractivity contribution in [2.24, 2.45) is 0 Å². The van der Waals surface area contributed by atoms with Crippen LogP contribution in [0.3, 0.4) is 0 Å². The van der Waals surface area contributed by atoms with Crippen molar-refractivity contribution in [1.29, 1.82) is 0 Å². The molecule has 1 fully saturated rings. The molecule has 0 radical (unpaired) electrons. The molecule has 0 unspecified atom stereocenters. The van der Waals surface area contributed by atoms with Crippen molar-refractivity contribution in [2.45, 2.75) is 5.41 Å². The summed E-state index contributed by atoms with van der Waals surface area (Å²) < 4.78 is 4.97. The van der Waals surface area contributed by atoms with Crippen LogP contribution in [-0.4, -0.2) is 24.3 Å². The van der Waals surface area contributed by atoms with Crippen molar-refractivity contribution in [3.05, 3.63) is 34.9 Å². The summed E-state index contributed by atoms with van der Waals surface area (Å²) in [5, 5.41) is 9.70. The lowest BCUT2D eigenvalue weighted by atomic mass is 9.79. The molecule has 0 bridgehead atoms. The predicted octanol–water partition coefficient (Wildman–Crippen LogP) is 1.69. The second-order valence-electron chi connectivity index (χ2n) is 3.39. The van der Waals surface area contributed by atoms with E-state index in [1.165, 1.54) is 0 Å². The number of ether oxygens (including phenoxy) is 1. The highest BCUT2D eigenvalue weighted by Crippen LogP contribution is 2.33. The summed E-state index contributed by atoms with van der Waals surface area (Å²) in [6.45, 7) is 0.480. The van der Waals surface area contributed by atoms with Crippen LogP contribution >= 0.6 is 11.6 Å². The van der Waals surface area contributed by atoms with Gasteiger partial charge >= 0.3 is 5.97 Å². The number of carbonyl (C=O) groups is 1. The Morgan fingerprint density at radius 2 is 1.93 bits per heavy atom. The molecule has 0 aliphatic carbocycles. The molecule has 1 aliphatic rings. The third kappa shape index (κ3) is 1.29. The van der Waals surface area contributed by atoms with Crippen molar-refractivity contribution in [2.75, 3.05) is 13.2 Å². The summed E-state index contributed by atoms with van der Waals surface area (Å²) in [7, 11) is 0. The van der Waals surface area contributed by atoms with Gasteiger partial charge in [0, 0.05) is 5.02 Å². The lowest BCUT2D eigenvalue weighted by molar-refractivity contribution is -0.163. The Hall–Kier alpha value is -1.06. The first-order valence-corrected chi connectivity index (χ1v) is 4.60. The van der Waals surface area contributed by atoms with E-state index in [9.17, 15) is 4.79 Å². The first kappa shape index (κ1) is 9.49. The van der Waals surface area contributed by atoms with E-state index in [0.717, 1.165) is 5.56 Å². The Balaban J connectivity index is 2.37. The van der Waals surface area contributed by atoms with Crippen molar-refractivity contribution in [3.8, 4) is 0 Å². The molecule has 1 aromatic carbocycles. The van der Waals surface area contributed by atoms with Crippen LogP contribution in [0.25, 0.3) is 0 Å². The third-order valence-corrected chi connectivity index (χ3v) is 2.76. The van der Waals surface area contributed by atoms with E-state index < -0.39 is 11.4 Å². The van der Waals surface area contributed by atoms with E-state index in [-0.39, 0.29) is 13.2 Å². The molecule has 74 valence electrons. The minimum absolute atomic E-state index is 0.240. The molecule has 1 aromatic rings. The fourth-order valence-electron chi connectivity index (χ4n) is 1.49. The van der Waals surface area contributed by atoms with Gasteiger partial charge in [-0.15, -0.1) is 0 Å². The number of rotatable bonds is 2. The van der Waals surface area contributed by atoms with Crippen LogP contribution in [0.15, 0.2) is 24.3 Å². The van der Waals surface area contributed by atoms with Crippen LogP contribution in [0.4, 0.5) is 0 Å². The molecular weight excluding hydrogens is 204 g/mol. The maximum Gasteiger partial charge on any atom is 0.318 e. The fraction of sp³-hybridized carbons (Fsp3) is 0.300. The van der Waals surface area contributed by atoms with Gasteiger partial charge in [0.2, 0.25) is 0 Å². The lowest BCUT2D eigenvalue weighted by Crippen LogP contribution is -2.53. The first-order valence-electron chi connectivity index (χ1n) is 4.22. The maximum atomic E-state index is 11.1. The Labute approximate surface area is 86.3 Å². The molecule has 0 aromatic heterocycles. The van der Waals surface area contributed by atoms with Gasteiger partial charge in [0.1, 0.15) is 5.41 Å². The molecular formula is C10H9ClO3. The van der Waals surface area contributed by atoms with Crippen LogP contribution in [0.2, 0.25) is 5.02 Å². The number of hydrogen-bond acceptors (Lipinski definition) is 2. The Kier molecular flexibility index (Phi) is 2.21. The summed E-state index contributed by atoms with van der Waals surface area (Å²) in [5.74, 6) is -0.842. The average Bonchev–Trinajstić information content (AvgIpc) is 2.05. The molecule has 1 N–H and O–H groups in total. The minimum Gasteiger partial charge on any atom is -0.480 e. The van der Waals surface area contributed by atoms with E-state index in [2.05, 4.69) is 0 Å². The highest BCUT2D eigenvalue weighted by atomic mass is 35.5. The third-order valence-electron chi connectivity index (χ3n) is 2.50. The van der Waals surface area contributed by atoms with E-state index >= 15 is 0 Å². The predicted molar refractivity (Wildman–Crippen MR) is 51.6 cm³/mol. The van der Waals surface area contributed by atoms with Crippen LogP contribution in [0, 0.1) is 0 Å². The summed E-state index contributed by atoms with van der Waals surface area (Å²) >= 11 is 5.72. The number of aliphatic carboxylic acids is 1. The smallest absolute Gasteiger partial charge is 0.318 e. The number of benzene rings is 1.